The zero-order chi connectivity index (χ0) is 21.4. The van der Waals surface area contributed by atoms with Crippen molar-refractivity contribution < 1.29 is 14.6 Å². The van der Waals surface area contributed by atoms with E-state index in [1.165, 1.54) is 4.90 Å². The molecule has 0 aromatic heterocycles. The number of amides is 1. The Morgan fingerprint density at radius 2 is 1.90 bits per heavy atom. The molecule has 0 saturated carbocycles. The van der Waals surface area contributed by atoms with Crippen molar-refractivity contribution in [2.45, 2.75) is 32.0 Å². The summed E-state index contributed by atoms with van der Waals surface area (Å²) in [5.74, 6) is 0.460. The highest BCUT2D eigenvalue weighted by atomic mass is 16.6. The summed E-state index contributed by atoms with van der Waals surface area (Å²) in [5.41, 5.74) is 9.93. The Bertz CT molecular complexity index is 821. The average molecular weight is 398 g/mol. The van der Waals surface area contributed by atoms with Gasteiger partial charge in [0.25, 0.3) is 0 Å². The third-order valence-corrected chi connectivity index (χ3v) is 4.52. The third kappa shape index (κ3) is 7.34. The molecule has 2 aromatic rings. The second-order valence-corrected chi connectivity index (χ2v) is 7.46. The number of nitrogens with zero attached hydrogens (tertiary/aromatic N) is 1. The molecular formula is C23H31N3O3. The molecule has 4 N–H and O–H groups in total. The number of aliphatic hydroxyl groups is 1. The van der Waals surface area contributed by atoms with Crippen LogP contribution in [0.5, 0.6) is 5.75 Å². The minimum Gasteiger partial charge on any atom is -0.410 e. The summed E-state index contributed by atoms with van der Waals surface area (Å²) >= 11 is 0. The first kappa shape index (κ1) is 22.6. The summed E-state index contributed by atoms with van der Waals surface area (Å²) < 4.78 is 5.39. The molecule has 29 heavy (non-hydrogen) atoms. The number of carbonyl (C=O) groups excluding carboxylic acids is 1. The summed E-state index contributed by atoms with van der Waals surface area (Å²) in [7, 11) is 3.26. The van der Waals surface area contributed by atoms with E-state index in [1.54, 1.807) is 26.2 Å². The van der Waals surface area contributed by atoms with Gasteiger partial charge in [0, 0.05) is 33.2 Å². The number of nitrogens with two attached hydrogens (primary N) is 1. The van der Waals surface area contributed by atoms with E-state index >= 15 is 0 Å². The molecule has 1 amide bonds. The van der Waals surface area contributed by atoms with Gasteiger partial charge in [-0.15, -0.1) is 0 Å². The van der Waals surface area contributed by atoms with Crippen molar-refractivity contribution in [3.05, 3.63) is 71.8 Å². The van der Waals surface area contributed by atoms with Crippen LogP contribution in [0.25, 0.3) is 5.57 Å². The lowest BCUT2D eigenvalue weighted by Gasteiger charge is -2.20. The highest BCUT2D eigenvalue weighted by molar-refractivity contribution is 5.71. The Morgan fingerprint density at radius 3 is 2.52 bits per heavy atom. The molecule has 6 heteroatoms. The van der Waals surface area contributed by atoms with Crippen LogP contribution >= 0.6 is 0 Å². The van der Waals surface area contributed by atoms with Crippen LogP contribution in [-0.4, -0.2) is 48.9 Å². The normalized spacial score (nSPS) is 12.9. The quantitative estimate of drug-likeness (QED) is 0.606. The van der Waals surface area contributed by atoms with Crippen LogP contribution in [0, 0.1) is 0 Å². The fraction of sp³-hybridized carbons (Fsp3) is 0.348. The number of benzene rings is 2. The van der Waals surface area contributed by atoms with E-state index in [9.17, 15) is 9.90 Å². The van der Waals surface area contributed by atoms with Gasteiger partial charge in [-0.3, -0.25) is 0 Å². The standard InChI is InChI=1S/C23H31N3O3/c1-16(2)19-10-18(11-20(13-19)29-23(28)26(3)4)14-25-15-22(27)21(24)12-17-8-6-5-7-9-17/h5-11,13,21-22,25,27H,1,12,14-15,24H2,2-4H3/t21-,22+/m0/s1. The first-order valence-electron chi connectivity index (χ1n) is 9.63. The molecule has 2 aromatic carbocycles. The van der Waals surface area contributed by atoms with Crippen molar-refractivity contribution in [3.8, 4) is 5.75 Å². The minimum absolute atomic E-state index is 0.358. The predicted octanol–water partition coefficient (Wildman–Crippen LogP) is 2.80. The number of carbonyl (C=O) groups is 1. The van der Waals surface area contributed by atoms with Crippen LogP contribution in [0.4, 0.5) is 4.79 Å². The largest absolute Gasteiger partial charge is 0.414 e. The molecule has 0 radical (unpaired) electrons. The average Bonchev–Trinajstić information content (AvgIpc) is 2.68. The number of hydrogen-bond donors (Lipinski definition) is 3. The molecule has 0 unspecified atom stereocenters. The Kier molecular flexibility index (Phi) is 8.39. The van der Waals surface area contributed by atoms with E-state index < -0.39 is 12.2 Å². The van der Waals surface area contributed by atoms with Crippen LogP contribution in [0.1, 0.15) is 23.6 Å². The molecule has 6 nitrogen and oxygen atoms in total. The first-order valence-corrected chi connectivity index (χ1v) is 9.63. The summed E-state index contributed by atoms with van der Waals surface area (Å²) in [4.78, 5) is 13.2. The van der Waals surface area contributed by atoms with Gasteiger partial charge in [0.05, 0.1) is 6.10 Å². The smallest absolute Gasteiger partial charge is 0.410 e. The van der Waals surface area contributed by atoms with Crippen molar-refractivity contribution in [2.75, 3.05) is 20.6 Å². The van der Waals surface area contributed by atoms with E-state index in [2.05, 4.69) is 11.9 Å². The van der Waals surface area contributed by atoms with Crippen LogP contribution < -0.4 is 15.8 Å². The SMILES string of the molecule is C=C(C)c1cc(CNC[C@@H](O)[C@@H](N)Cc2ccccc2)cc(OC(=O)N(C)C)c1. The molecule has 0 bridgehead atoms. The first-order chi connectivity index (χ1) is 13.8. The molecule has 2 rings (SSSR count). The van der Waals surface area contributed by atoms with Crippen molar-refractivity contribution in [1.29, 1.82) is 0 Å². The number of allylic oxidation sites excluding steroid dienone is 1. The number of rotatable bonds is 9. The zero-order valence-corrected chi connectivity index (χ0v) is 17.4. The molecule has 156 valence electrons. The Labute approximate surface area is 173 Å². The van der Waals surface area contributed by atoms with Gasteiger partial charge < -0.3 is 25.8 Å². The van der Waals surface area contributed by atoms with Gasteiger partial charge in [0.15, 0.2) is 0 Å². The van der Waals surface area contributed by atoms with E-state index in [0.29, 0.717) is 25.3 Å². The van der Waals surface area contributed by atoms with E-state index in [4.69, 9.17) is 10.5 Å². The van der Waals surface area contributed by atoms with Gasteiger partial charge >= 0.3 is 6.09 Å². The summed E-state index contributed by atoms with van der Waals surface area (Å²) in [6.45, 7) is 6.73. The zero-order valence-electron chi connectivity index (χ0n) is 17.4. The Morgan fingerprint density at radius 1 is 1.21 bits per heavy atom. The molecular weight excluding hydrogens is 366 g/mol. The lowest BCUT2D eigenvalue weighted by molar-refractivity contribution is 0.141. The van der Waals surface area contributed by atoms with Crippen molar-refractivity contribution in [3.63, 3.8) is 0 Å². The Balaban J connectivity index is 1.95. The molecule has 0 fully saturated rings. The van der Waals surface area contributed by atoms with Crippen LogP contribution in [-0.2, 0) is 13.0 Å². The van der Waals surface area contributed by atoms with Crippen molar-refractivity contribution >= 4 is 11.7 Å². The van der Waals surface area contributed by atoms with Gasteiger partial charge in [0.2, 0.25) is 0 Å². The number of ether oxygens (including phenoxy) is 1. The molecule has 0 aliphatic carbocycles. The maximum Gasteiger partial charge on any atom is 0.414 e. The fourth-order valence-electron chi connectivity index (χ4n) is 2.80. The number of hydrogen-bond acceptors (Lipinski definition) is 5. The highest BCUT2D eigenvalue weighted by Gasteiger charge is 2.15. The topological polar surface area (TPSA) is 87.8 Å². The molecule has 0 saturated heterocycles. The van der Waals surface area contributed by atoms with Crippen LogP contribution in [0.15, 0.2) is 55.1 Å². The van der Waals surface area contributed by atoms with Gasteiger partial charge in [0.1, 0.15) is 5.75 Å². The fourth-order valence-corrected chi connectivity index (χ4v) is 2.80. The second kappa shape index (κ2) is 10.8. The minimum atomic E-state index is -0.675. The van der Waals surface area contributed by atoms with Gasteiger partial charge in [-0.1, -0.05) is 42.5 Å². The maximum atomic E-state index is 11.9. The predicted molar refractivity (Wildman–Crippen MR) is 117 cm³/mol. The summed E-state index contributed by atoms with van der Waals surface area (Å²) in [6, 6.07) is 15.1. The van der Waals surface area contributed by atoms with Crippen LogP contribution in [0.2, 0.25) is 0 Å². The second-order valence-electron chi connectivity index (χ2n) is 7.46. The lowest BCUT2D eigenvalue weighted by atomic mass is 10.0. The van der Waals surface area contributed by atoms with E-state index in [-0.39, 0.29) is 6.04 Å². The van der Waals surface area contributed by atoms with Gasteiger partial charge in [-0.25, -0.2) is 4.79 Å². The number of aliphatic hydroxyl groups excluding tert-OH is 1. The van der Waals surface area contributed by atoms with Crippen molar-refractivity contribution in [2.24, 2.45) is 5.73 Å². The summed E-state index contributed by atoms with van der Waals surface area (Å²) in [5, 5.41) is 13.6. The molecule has 0 aliphatic rings. The van der Waals surface area contributed by atoms with Crippen LogP contribution in [0.3, 0.4) is 0 Å². The van der Waals surface area contributed by atoms with Crippen molar-refractivity contribution in [1.82, 2.24) is 10.2 Å². The summed E-state index contributed by atoms with van der Waals surface area (Å²) in [6.07, 6.45) is -0.505. The van der Waals surface area contributed by atoms with Gasteiger partial charge in [-0.05, 0) is 48.2 Å². The monoisotopic (exact) mass is 397 g/mol. The maximum absolute atomic E-state index is 11.9. The van der Waals surface area contributed by atoms with E-state index in [1.807, 2.05) is 43.3 Å². The molecule has 0 aliphatic heterocycles. The number of nitrogens with one attached hydrogen (secondary N) is 1. The van der Waals surface area contributed by atoms with E-state index in [0.717, 1.165) is 22.3 Å². The molecule has 0 spiro atoms. The lowest BCUT2D eigenvalue weighted by Crippen LogP contribution is -2.43. The van der Waals surface area contributed by atoms with Gasteiger partial charge in [-0.2, -0.15) is 0 Å². The third-order valence-electron chi connectivity index (χ3n) is 4.52. The Hall–Kier alpha value is -2.67. The molecule has 0 heterocycles. The highest BCUT2D eigenvalue weighted by Crippen LogP contribution is 2.22. The molecule has 2 atom stereocenters.